The van der Waals surface area contributed by atoms with E-state index in [1.165, 1.54) is 11.1 Å². The molecule has 122 valence electrons. The molecule has 0 saturated heterocycles. The molecule has 2 aromatic heterocycles. The maximum atomic E-state index is 4.63. The Kier molecular flexibility index (Phi) is 4.09. The summed E-state index contributed by atoms with van der Waals surface area (Å²) >= 11 is 0. The Bertz CT molecular complexity index is 913. The van der Waals surface area contributed by atoms with E-state index in [1.807, 2.05) is 36.4 Å². The van der Waals surface area contributed by atoms with Crippen molar-refractivity contribution in [2.45, 2.75) is 12.8 Å². The first-order chi connectivity index (χ1) is 12.3. The number of benzene rings is 1. The summed E-state index contributed by atoms with van der Waals surface area (Å²) in [6.07, 6.45) is 5.75. The number of allylic oxidation sites excluding steroid dienone is 1. The molecule has 4 rings (SSSR count). The monoisotopic (exact) mass is 326 g/mol. The van der Waals surface area contributed by atoms with Gasteiger partial charge in [0.2, 0.25) is 0 Å². The van der Waals surface area contributed by atoms with Crippen molar-refractivity contribution in [1.82, 2.24) is 15.4 Å². The van der Waals surface area contributed by atoms with Gasteiger partial charge in [-0.3, -0.25) is 15.4 Å². The smallest absolute Gasteiger partial charge is 0.0976 e. The molecular formula is C21H18N4. The molecule has 0 spiro atoms. The zero-order chi connectivity index (χ0) is 17.1. The van der Waals surface area contributed by atoms with Crippen LogP contribution in [0, 0.1) is 6.92 Å². The minimum Gasteiger partial charge on any atom is -0.276 e. The van der Waals surface area contributed by atoms with Gasteiger partial charge in [0.1, 0.15) is 0 Å². The molecule has 0 fully saturated rings. The van der Waals surface area contributed by atoms with Gasteiger partial charge >= 0.3 is 0 Å². The van der Waals surface area contributed by atoms with Crippen molar-refractivity contribution >= 4 is 11.4 Å². The van der Waals surface area contributed by atoms with Crippen molar-refractivity contribution in [2.75, 3.05) is 0 Å². The first-order valence-electron chi connectivity index (χ1n) is 8.26. The lowest BCUT2D eigenvalue weighted by molar-refractivity contribution is 0.909. The predicted octanol–water partition coefficient (Wildman–Crippen LogP) is 3.92. The number of hydrogen-bond donors (Lipinski definition) is 1. The Morgan fingerprint density at radius 2 is 1.48 bits per heavy atom. The second-order valence-corrected chi connectivity index (χ2v) is 6.01. The van der Waals surface area contributed by atoms with Gasteiger partial charge in [-0.25, -0.2) is 0 Å². The first-order valence-corrected chi connectivity index (χ1v) is 8.26. The van der Waals surface area contributed by atoms with Gasteiger partial charge in [0, 0.05) is 12.4 Å². The highest BCUT2D eigenvalue weighted by molar-refractivity contribution is 6.06. The zero-order valence-corrected chi connectivity index (χ0v) is 13.9. The highest BCUT2D eigenvalue weighted by Gasteiger charge is 2.24. The number of hydrazone groups is 1. The van der Waals surface area contributed by atoms with Gasteiger partial charge in [-0.1, -0.05) is 42.0 Å². The molecule has 1 aliphatic rings. The molecule has 4 heteroatoms. The Hall–Kier alpha value is -3.27. The van der Waals surface area contributed by atoms with Crippen molar-refractivity contribution in [3.63, 3.8) is 0 Å². The van der Waals surface area contributed by atoms with E-state index < -0.39 is 0 Å². The molecule has 1 unspecified atom stereocenters. The molecule has 0 saturated carbocycles. The van der Waals surface area contributed by atoms with E-state index in [1.54, 1.807) is 12.4 Å². The SMILES string of the molecule is Cc1ccc(C2C=C(c3ccccn3)NN=C2c2ccccn2)cc1. The molecule has 4 nitrogen and oxygen atoms in total. The fraction of sp³-hybridized carbons (Fsp3) is 0.0952. The molecule has 0 amide bonds. The van der Waals surface area contributed by atoms with Crippen LogP contribution in [0.2, 0.25) is 0 Å². The fourth-order valence-electron chi connectivity index (χ4n) is 2.90. The highest BCUT2D eigenvalue weighted by atomic mass is 15.3. The van der Waals surface area contributed by atoms with Crippen molar-refractivity contribution in [3.05, 3.63) is 102 Å². The number of aryl methyl sites for hydroxylation is 1. The van der Waals surface area contributed by atoms with Gasteiger partial charge in [0.15, 0.2) is 0 Å². The van der Waals surface area contributed by atoms with Crippen LogP contribution in [0.1, 0.15) is 28.4 Å². The van der Waals surface area contributed by atoms with Crippen molar-refractivity contribution in [2.24, 2.45) is 5.10 Å². The average Bonchev–Trinajstić information content (AvgIpc) is 2.69. The third-order valence-corrected chi connectivity index (χ3v) is 4.23. The summed E-state index contributed by atoms with van der Waals surface area (Å²) < 4.78 is 0. The molecule has 3 aromatic rings. The number of hydrogen-bond acceptors (Lipinski definition) is 4. The summed E-state index contributed by atoms with van der Waals surface area (Å²) in [6, 6.07) is 20.3. The largest absolute Gasteiger partial charge is 0.276 e. The maximum Gasteiger partial charge on any atom is 0.0976 e. The highest BCUT2D eigenvalue weighted by Crippen LogP contribution is 2.28. The van der Waals surface area contributed by atoms with E-state index >= 15 is 0 Å². The molecule has 0 aliphatic carbocycles. The van der Waals surface area contributed by atoms with Crippen LogP contribution in [0.15, 0.2) is 84.2 Å². The molecule has 0 bridgehead atoms. The lowest BCUT2D eigenvalue weighted by atomic mass is 9.89. The van der Waals surface area contributed by atoms with E-state index in [9.17, 15) is 0 Å². The Balaban J connectivity index is 1.78. The van der Waals surface area contributed by atoms with Gasteiger partial charge < -0.3 is 0 Å². The van der Waals surface area contributed by atoms with Crippen LogP contribution in [0.5, 0.6) is 0 Å². The second-order valence-electron chi connectivity index (χ2n) is 6.01. The number of nitrogens with one attached hydrogen (secondary N) is 1. The van der Waals surface area contributed by atoms with Crippen LogP contribution in [0.4, 0.5) is 0 Å². The molecule has 1 N–H and O–H groups in total. The van der Waals surface area contributed by atoms with Crippen molar-refractivity contribution in [3.8, 4) is 0 Å². The van der Waals surface area contributed by atoms with E-state index in [2.05, 4.69) is 57.8 Å². The summed E-state index contributed by atoms with van der Waals surface area (Å²) in [6.45, 7) is 2.09. The topological polar surface area (TPSA) is 50.2 Å². The summed E-state index contributed by atoms with van der Waals surface area (Å²) in [7, 11) is 0. The molecule has 1 aliphatic heterocycles. The summed E-state index contributed by atoms with van der Waals surface area (Å²) in [5.41, 5.74) is 9.13. The number of rotatable bonds is 3. The average molecular weight is 326 g/mol. The lowest BCUT2D eigenvalue weighted by Crippen LogP contribution is -2.24. The van der Waals surface area contributed by atoms with E-state index in [4.69, 9.17) is 0 Å². The van der Waals surface area contributed by atoms with Crippen LogP contribution < -0.4 is 5.43 Å². The van der Waals surface area contributed by atoms with Crippen LogP contribution in [0.3, 0.4) is 0 Å². The second kappa shape index (κ2) is 6.69. The lowest BCUT2D eigenvalue weighted by Gasteiger charge is -2.23. The Morgan fingerprint density at radius 3 is 2.12 bits per heavy atom. The number of aromatic nitrogens is 2. The number of nitrogens with zero attached hydrogens (tertiary/aromatic N) is 3. The third-order valence-electron chi connectivity index (χ3n) is 4.23. The summed E-state index contributed by atoms with van der Waals surface area (Å²) in [5.74, 6) is 0.0220. The summed E-state index contributed by atoms with van der Waals surface area (Å²) in [5, 5.41) is 4.63. The maximum absolute atomic E-state index is 4.63. The van der Waals surface area contributed by atoms with Gasteiger partial charge in [0.25, 0.3) is 0 Å². The first kappa shape index (κ1) is 15.3. The van der Waals surface area contributed by atoms with E-state index in [-0.39, 0.29) is 5.92 Å². The van der Waals surface area contributed by atoms with Crippen LogP contribution in [0.25, 0.3) is 5.70 Å². The van der Waals surface area contributed by atoms with Crippen molar-refractivity contribution in [1.29, 1.82) is 0 Å². The Labute approximate surface area is 147 Å². The number of pyridine rings is 2. The molecule has 25 heavy (non-hydrogen) atoms. The van der Waals surface area contributed by atoms with Crippen LogP contribution in [-0.4, -0.2) is 15.7 Å². The van der Waals surface area contributed by atoms with Gasteiger partial charge in [-0.2, -0.15) is 5.10 Å². The Morgan fingerprint density at radius 1 is 0.800 bits per heavy atom. The fourth-order valence-corrected chi connectivity index (χ4v) is 2.90. The van der Waals surface area contributed by atoms with Gasteiger partial charge in [-0.15, -0.1) is 0 Å². The minimum absolute atomic E-state index is 0.0220. The molecule has 3 heterocycles. The van der Waals surface area contributed by atoms with Crippen molar-refractivity contribution < 1.29 is 0 Å². The van der Waals surface area contributed by atoms with Gasteiger partial charge in [0.05, 0.1) is 28.7 Å². The quantitative estimate of drug-likeness (QED) is 0.794. The normalized spacial score (nSPS) is 16.6. The van der Waals surface area contributed by atoms with Gasteiger partial charge in [-0.05, 0) is 42.8 Å². The minimum atomic E-state index is 0.0220. The van der Waals surface area contributed by atoms with E-state index in [0.29, 0.717) is 0 Å². The molecular weight excluding hydrogens is 308 g/mol. The van der Waals surface area contributed by atoms with Crippen LogP contribution in [-0.2, 0) is 0 Å². The molecule has 1 atom stereocenters. The molecule has 0 radical (unpaired) electrons. The third kappa shape index (κ3) is 3.19. The van der Waals surface area contributed by atoms with E-state index in [0.717, 1.165) is 22.8 Å². The predicted molar refractivity (Wildman–Crippen MR) is 100 cm³/mol. The standard InChI is InChI=1S/C21H18N4/c1-15-8-10-16(11-9-15)17-14-20(18-6-2-4-12-22-18)24-25-21(17)19-7-3-5-13-23-19/h2-14,17,24H,1H3. The molecule has 1 aromatic carbocycles. The summed E-state index contributed by atoms with van der Waals surface area (Å²) in [4.78, 5) is 8.90. The zero-order valence-electron chi connectivity index (χ0n) is 13.9. The van der Waals surface area contributed by atoms with Crippen LogP contribution >= 0.6 is 0 Å².